The minimum Gasteiger partial charge on any atom is -0.294 e. The third kappa shape index (κ3) is 2.59. The SMILES string of the molecule is Cc1c(C)c(C)c(C(=O)CC(C)C)c(C)c1C. The molecule has 0 fully saturated rings. The molecule has 0 atom stereocenters. The van der Waals surface area contributed by atoms with E-state index in [1.54, 1.807) is 0 Å². The fourth-order valence-electron chi connectivity index (χ4n) is 2.39. The van der Waals surface area contributed by atoms with Crippen LogP contribution in [-0.2, 0) is 0 Å². The lowest BCUT2D eigenvalue weighted by atomic mass is 9.86. The van der Waals surface area contributed by atoms with Gasteiger partial charge in [-0.05, 0) is 68.4 Å². The highest BCUT2D eigenvalue weighted by Crippen LogP contribution is 2.27. The van der Waals surface area contributed by atoms with Gasteiger partial charge < -0.3 is 0 Å². The number of rotatable bonds is 3. The van der Waals surface area contributed by atoms with Crippen molar-refractivity contribution >= 4 is 5.78 Å². The molecule has 0 N–H and O–H groups in total. The fraction of sp³-hybridized carbons (Fsp3) is 0.562. The van der Waals surface area contributed by atoms with Crippen LogP contribution in [0, 0.1) is 40.5 Å². The number of carbonyl (C=O) groups excluding carboxylic acids is 1. The standard InChI is InChI=1S/C16H24O/c1-9(2)8-15(17)16-13(6)11(4)10(3)12(5)14(16)7/h9H,8H2,1-7H3. The number of hydrogen-bond acceptors (Lipinski definition) is 1. The van der Waals surface area contributed by atoms with Gasteiger partial charge in [-0.3, -0.25) is 4.79 Å². The van der Waals surface area contributed by atoms with Crippen LogP contribution in [0.5, 0.6) is 0 Å². The number of hydrogen-bond donors (Lipinski definition) is 0. The summed E-state index contributed by atoms with van der Waals surface area (Å²) < 4.78 is 0. The molecule has 17 heavy (non-hydrogen) atoms. The molecule has 0 radical (unpaired) electrons. The van der Waals surface area contributed by atoms with Crippen molar-refractivity contribution in [2.45, 2.75) is 54.9 Å². The molecular formula is C16H24O. The average molecular weight is 232 g/mol. The number of ketones is 1. The predicted octanol–water partition coefficient (Wildman–Crippen LogP) is 4.46. The number of Topliss-reactive ketones (excluding diaryl/α,β-unsaturated/α-hetero) is 1. The van der Waals surface area contributed by atoms with E-state index in [0.29, 0.717) is 18.1 Å². The summed E-state index contributed by atoms with van der Waals surface area (Å²) in [6, 6.07) is 0. The Morgan fingerprint density at radius 3 is 1.53 bits per heavy atom. The largest absolute Gasteiger partial charge is 0.294 e. The van der Waals surface area contributed by atoms with Crippen LogP contribution in [0.3, 0.4) is 0 Å². The molecule has 1 aromatic carbocycles. The van der Waals surface area contributed by atoms with E-state index in [1.807, 2.05) is 0 Å². The molecule has 0 amide bonds. The molecular weight excluding hydrogens is 208 g/mol. The molecule has 0 aromatic heterocycles. The highest BCUT2D eigenvalue weighted by atomic mass is 16.1. The molecule has 1 rings (SSSR count). The molecule has 0 spiro atoms. The summed E-state index contributed by atoms with van der Waals surface area (Å²) in [5.74, 6) is 0.712. The van der Waals surface area contributed by atoms with Crippen LogP contribution in [0.2, 0.25) is 0 Å². The monoisotopic (exact) mass is 232 g/mol. The van der Waals surface area contributed by atoms with E-state index >= 15 is 0 Å². The minimum atomic E-state index is 0.293. The molecule has 0 aliphatic carbocycles. The second kappa shape index (κ2) is 5.03. The second-order valence-electron chi connectivity index (χ2n) is 5.52. The Morgan fingerprint density at radius 1 is 0.824 bits per heavy atom. The number of benzene rings is 1. The molecule has 0 bridgehead atoms. The minimum absolute atomic E-state index is 0.293. The Hall–Kier alpha value is -1.11. The molecule has 0 saturated carbocycles. The van der Waals surface area contributed by atoms with Gasteiger partial charge >= 0.3 is 0 Å². The summed E-state index contributed by atoms with van der Waals surface area (Å²) in [7, 11) is 0. The maximum absolute atomic E-state index is 12.3. The van der Waals surface area contributed by atoms with E-state index in [2.05, 4.69) is 48.5 Å². The Morgan fingerprint density at radius 2 is 1.18 bits per heavy atom. The zero-order valence-corrected chi connectivity index (χ0v) is 12.2. The van der Waals surface area contributed by atoms with Crippen LogP contribution in [0.4, 0.5) is 0 Å². The zero-order valence-electron chi connectivity index (χ0n) is 12.2. The lowest BCUT2D eigenvalue weighted by molar-refractivity contribution is 0.0966. The van der Waals surface area contributed by atoms with Crippen molar-refractivity contribution in [3.63, 3.8) is 0 Å². The van der Waals surface area contributed by atoms with Crippen LogP contribution in [0.1, 0.15) is 58.4 Å². The van der Waals surface area contributed by atoms with Crippen molar-refractivity contribution in [2.24, 2.45) is 5.92 Å². The van der Waals surface area contributed by atoms with Crippen molar-refractivity contribution in [3.05, 3.63) is 33.4 Å². The van der Waals surface area contributed by atoms with Crippen molar-refractivity contribution in [1.29, 1.82) is 0 Å². The van der Waals surface area contributed by atoms with E-state index in [1.165, 1.54) is 16.7 Å². The van der Waals surface area contributed by atoms with Gasteiger partial charge in [-0.25, -0.2) is 0 Å². The van der Waals surface area contributed by atoms with Gasteiger partial charge in [0.1, 0.15) is 0 Å². The first-order valence-corrected chi connectivity index (χ1v) is 6.37. The number of carbonyl (C=O) groups is 1. The van der Waals surface area contributed by atoms with Crippen LogP contribution >= 0.6 is 0 Å². The average Bonchev–Trinajstić information content (AvgIpc) is 2.23. The van der Waals surface area contributed by atoms with E-state index in [4.69, 9.17) is 0 Å². The van der Waals surface area contributed by atoms with Crippen LogP contribution < -0.4 is 0 Å². The Bertz CT molecular complexity index is 424. The molecule has 0 unspecified atom stereocenters. The van der Waals surface area contributed by atoms with E-state index in [0.717, 1.165) is 16.7 Å². The molecule has 1 nitrogen and oxygen atoms in total. The molecule has 1 heteroatoms. The Labute approximate surface area is 105 Å². The van der Waals surface area contributed by atoms with Gasteiger partial charge in [-0.1, -0.05) is 13.8 Å². The summed E-state index contributed by atoms with van der Waals surface area (Å²) >= 11 is 0. The molecule has 0 aliphatic rings. The first-order valence-electron chi connectivity index (χ1n) is 6.37. The van der Waals surface area contributed by atoms with Gasteiger partial charge in [0, 0.05) is 12.0 Å². The first-order chi connectivity index (χ1) is 7.77. The lowest BCUT2D eigenvalue weighted by Crippen LogP contribution is -2.11. The topological polar surface area (TPSA) is 17.1 Å². The highest BCUT2D eigenvalue weighted by molar-refractivity contribution is 5.99. The summed E-state index contributed by atoms with van der Waals surface area (Å²) in [6.45, 7) is 14.7. The Kier molecular flexibility index (Phi) is 4.13. The Balaban J connectivity index is 3.39. The van der Waals surface area contributed by atoms with Crippen molar-refractivity contribution in [1.82, 2.24) is 0 Å². The van der Waals surface area contributed by atoms with E-state index in [-0.39, 0.29) is 0 Å². The van der Waals surface area contributed by atoms with E-state index < -0.39 is 0 Å². The van der Waals surface area contributed by atoms with Gasteiger partial charge in [0.25, 0.3) is 0 Å². The quantitative estimate of drug-likeness (QED) is 0.703. The van der Waals surface area contributed by atoms with Crippen LogP contribution in [-0.4, -0.2) is 5.78 Å². The third-order valence-electron chi connectivity index (χ3n) is 3.87. The van der Waals surface area contributed by atoms with Crippen molar-refractivity contribution < 1.29 is 4.79 Å². The lowest BCUT2D eigenvalue weighted by Gasteiger charge is -2.18. The molecule has 94 valence electrons. The molecule has 0 saturated heterocycles. The molecule has 0 heterocycles. The second-order valence-corrected chi connectivity index (χ2v) is 5.52. The van der Waals surface area contributed by atoms with Gasteiger partial charge in [0.2, 0.25) is 0 Å². The summed E-state index contributed by atoms with van der Waals surface area (Å²) in [4.78, 5) is 12.3. The van der Waals surface area contributed by atoms with Crippen LogP contribution in [0.25, 0.3) is 0 Å². The summed E-state index contributed by atoms with van der Waals surface area (Å²) in [5.41, 5.74) is 7.13. The van der Waals surface area contributed by atoms with Gasteiger partial charge in [-0.2, -0.15) is 0 Å². The predicted molar refractivity (Wildman–Crippen MR) is 73.9 cm³/mol. The zero-order chi connectivity index (χ0) is 13.3. The first kappa shape index (κ1) is 14.0. The van der Waals surface area contributed by atoms with Gasteiger partial charge in [0.05, 0.1) is 0 Å². The van der Waals surface area contributed by atoms with Crippen molar-refractivity contribution in [3.8, 4) is 0 Å². The van der Waals surface area contributed by atoms with E-state index in [9.17, 15) is 4.79 Å². The molecule has 1 aromatic rings. The third-order valence-corrected chi connectivity index (χ3v) is 3.87. The summed E-state index contributed by atoms with van der Waals surface area (Å²) in [5, 5.41) is 0. The van der Waals surface area contributed by atoms with Crippen molar-refractivity contribution in [2.75, 3.05) is 0 Å². The highest BCUT2D eigenvalue weighted by Gasteiger charge is 2.18. The molecule has 0 aliphatic heterocycles. The maximum atomic E-state index is 12.3. The van der Waals surface area contributed by atoms with Gasteiger partial charge in [0.15, 0.2) is 5.78 Å². The maximum Gasteiger partial charge on any atom is 0.163 e. The normalized spacial score (nSPS) is 11.1. The fourth-order valence-corrected chi connectivity index (χ4v) is 2.39. The van der Waals surface area contributed by atoms with Gasteiger partial charge in [-0.15, -0.1) is 0 Å². The smallest absolute Gasteiger partial charge is 0.163 e. The summed E-state index contributed by atoms with van der Waals surface area (Å²) in [6.07, 6.45) is 0.642. The van der Waals surface area contributed by atoms with Crippen LogP contribution in [0.15, 0.2) is 0 Å².